The Labute approximate surface area is 224 Å². The number of piperazine rings is 1. The van der Waals surface area contributed by atoms with Crippen LogP contribution in [0.15, 0.2) is 46.6 Å². The van der Waals surface area contributed by atoms with Gasteiger partial charge in [-0.2, -0.15) is 0 Å². The molecule has 8 nitrogen and oxygen atoms in total. The number of ether oxygens (including phenoxy) is 3. The lowest BCUT2D eigenvalue weighted by atomic mass is 9.89. The zero-order valence-corrected chi connectivity index (χ0v) is 22.4. The number of aliphatic hydroxyl groups is 1. The van der Waals surface area contributed by atoms with Crippen molar-refractivity contribution in [1.29, 1.82) is 0 Å². The van der Waals surface area contributed by atoms with Crippen molar-refractivity contribution in [2.75, 3.05) is 52.5 Å². The van der Waals surface area contributed by atoms with E-state index in [1.807, 2.05) is 25.1 Å². The highest BCUT2D eigenvalue weighted by atomic mass is 16.5. The van der Waals surface area contributed by atoms with E-state index in [9.17, 15) is 14.7 Å². The van der Waals surface area contributed by atoms with E-state index in [0.717, 1.165) is 85.4 Å². The van der Waals surface area contributed by atoms with Gasteiger partial charge >= 0.3 is 5.97 Å². The molecule has 3 heterocycles. The molecule has 3 fully saturated rings. The first-order valence-corrected chi connectivity index (χ1v) is 13.7. The molecule has 3 aliphatic heterocycles. The normalized spacial score (nSPS) is 23.1. The highest BCUT2D eigenvalue weighted by Crippen LogP contribution is 2.37. The summed E-state index contributed by atoms with van der Waals surface area (Å²) in [5.74, 6) is -0.203. The zero-order valence-electron chi connectivity index (χ0n) is 22.4. The van der Waals surface area contributed by atoms with Gasteiger partial charge in [0, 0.05) is 44.8 Å². The fourth-order valence-corrected chi connectivity index (χ4v) is 6.21. The summed E-state index contributed by atoms with van der Waals surface area (Å²) in [7, 11) is 0. The van der Waals surface area contributed by atoms with Crippen molar-refractivity contribution < 1.29 is 28.9 Å². The van der Waals surface area contributed by atoms with Crippen LogP contribution in [0.3, 0.4) is 0 Å². The molecule has 1 aromatic carbocycles. The number of rotatable bonds is 9. The van der Waals surface area contributed by atoms with Crippen LogP contribution < -0.4 is 0 Å². The van der Waals surface area contributed by atoms with E-state index in [4.69, 9.17) is 14.2 Å². The van der Waals surface area contributed by atoms with Crippen LogP contribution in [0.2, 0.25) is 0 Å². The van der Waals surface area contributed by atoms with Gasteiger partial charge in [0.15, 0.2) is 0 Å². The Kier molecular flexibility index (Phi) is 8.43. The van der Waals surface area contributed by atoms with E-state index >= 15 is 0 Å². The van der Waals surface area contributed by atoms with Crippen LogP contribution in [0.4, 0.5) is 0 Å². The SMILES string of the molecule is CCc1ccc(C(O)CN2CCN(CC3OCCC4=C5COC(=O)C5=CCC=C43)CC2)c(C)c1COC=O. The minimum Gasteiger partial charge on any atom is -0.463 e. The van der Waals surface area contributed by atoms with Gasteiger partial charge in [0.1, 0.15) is 13.2 Å². The van der Waals surface area contributed by atoms with Crippen molar-refractivity contribution >= 4 is 12.4 Å². The summed E-state index contributed by atoms with van der Waals surface area (Å²) in [6.07, 6.45) is 5.99. The smallest absolute Gasteiger partial charge is 0.338 e. The number of cyclic esters (lactones) is 1. The molecule has 0 saturated carbocycles. The van der Waals surface area contributed by atoms with Crippen LogP contribution in [0, 0.1) is 6.92 Å². The first kappa shape index (κ1) is 26.8. The summed E-state index contributed by atoms with van der Waals surface area (Å²) >= 11 is 0. The molecule has 3 saturated heterocycles. The predicted octanol–water partition coefficient (Wildman–Crippen LogP) is 2.78. The number of esters is 1. The number of aryl methyl sites for hydroxylation is 1. The Balaban J connectivity index is 1.18. The summed E-state index contributed by atoms with van der Waals surface area (Å²) < 4.78 is 16.6. The number of allylic oxidation sites excluding steroid dienone is 2. The van der Waals surface area contributed by atoms with Crippen LogP contribution in [-0.2, 0) is 36.8 Å². The largest absolute Gasteiger partial charge is 0.463 e. The fourth-order valence-electron chi connectivity index (χ4n) is 6.21. The third kappa shape index (κ3) is 5.50. The predicted molar refractivity (Wildman–Crippen MR) is 142 cm³/mol. The number of hydrogen-bond acceptors (Lipinski definition) is 8. The molecule has 0 bridgehead atoms. The van der Waals surface area contributed by atoms with Gasteiger partial charge in [-0.25, -0.2) is 4.79 Å². The number of β-amino-alcohol motifs (C(OH)–C–C–N with tert-alkyl or cyclic N) is 1. The average Bonchev–Trinajstić information content (AvgIpc) is 3.17. The molecule has 1 aliphatic carbocycles. The molecule has 1 N–H and O–H groups in total. The Morgan fingerprint density at radius 1 is 1.16 bits per heavy atom. The molecule has 8 heteroatoms. The molecule has 0 aromatic heterocycles. The molecular weight excluding hydrogens is 484 g/mol. The number of nitrogens with zero attached hydrogens (tertiary/aromatic N) is 2. The third-order valence-corrected chi connectivity index (χ3v) is 8.38. The lowest BCUT2D eigenvalue weighted by Gasteiger charge is -2.39. The van der Waals surface area contributed by atoms with Gasteiger partial charge in [0.25, 0.3) is 6.47 Å². The minimum atomic E-state index is -0.604. The maximum atomic E-state index is 12.1. The molecule has 2 unspecified atom stereocenters. The minimum absolute atomic E-state index is 0.00132. The lowest BCUT2D eigenvalue weighted by molar-refractivity contribution is -0.135. The molecule has 1 aromatic rings. The second-order valence-corrected chi connectivity index (χ2v) is 10.5. The molecule has 38 heavy (non-hydrogen) atoms. The van der Waals surface area contributed by atoms with E-state index in [1.54, 1.807) is 0 Å². The molecule has 204 valence electrons. The van der Waals surface area contributed by atoms with Crippen molar-refractivity contribution in [2.45, 2.75) is 51.9 Å². The van der Waals surface area contributed by atoms with Gasteiger partial charge in [-0.15, -0.1) is 0 Å². The molecule has 5 rings (SSSR count). The van der Waals surface area contributed by atoms with Crippen LogP contribution in [0.1, 0.15) is 48.1 Å². The second kappa shape index (κ2) is 11.9. The first-order valence-electron chi connectivity index (χ1n) is 13.7. The van der Waals surface area contributed by atoms with E-state index in [2.05, 4.69) is 22.8 Å². The van der Waals surface area contributed by atoms with Gasteiger partial charge in [0.05, 0.1) is 24.4 Å². The summed E-state index contributed by atoms with van der Waals surface area (Å²) in [6, 6.07) is 4.05. The zero-order chi connectivity index (χ0) is 26.6. The van der Waals surface area contributed by atoms with Crippen molar-refractivity contribution in [3.05, 3.63) is 68.8 Å². The summed E-state index contributed by atoms with van der Waals surface area (Å²) in [4.78, 5) is 27.6. The van der Waals surface area contributed by atoms with Gasteiger partial charge in [-0.1, -0.05) is 31.2 Å². The average molecular weight is 523 g/mol. The molecule has 0 amide bonds. The number of benzene rings is 1. The maximum absolute atomic E-state index is 12.1. The maximum Gasteiger partial charge on any atom is 0.338 e. The van der Waals surface area contributed by atoms with E-state index < -0.39 is 6.10 Å². The van der Waals surface area contributed by atoms with E-state index in [0.29, 0.717) is 26.2 Å². The van der Waals surface area contributed by atoms with Crippen LogP contribution in [-0.4, -0.2) is 85.9 Å². The van der Waals surface area contributed by atoms with Gasteiger partial charge in [-0.05, 0) is 59.6 Å². The number of carbonyl (C=O) groups is 2. The van der Waals surface area contributed by atoms with Gasteiger partial charge in [0.2, 0.25) is 0 Å². The van der Waals surface area contributed by atoms with E-state index in [-0.39, 0.29) is 18.7 Å². The highest BCUT2D eigenvalue weighted by Gasteiger charge is 2.35. The fraction of sp³-hybridized carbons (Fsp3) is 0.533. The van der Waals surface area contributed by atoms with Gasteiger partial charge < -0.3 is 19.3 Å². The lowest BCUT2D eigenvalue weighted by Crippen LogP contribution is -2.50. The quantitative estimate of drug-likeness (QED) is 0.391. The van der Waals surface area contributed by atoms with Gasteiger partial charge in [-0.3, -0.25) is 14.6 Å². The molecule has 4 aliphatic rings. The topological polar surface area (TPSA) is 88.5 Å². The first-order chi connectivity index (χ1) is 18.5. The number of aliphatic hydroxyl groups excluding tert-OH is 1. The van der Waals surface area contributed by atoms with Crippen molar-refractivity contribution in [3.8, 4) is 0 Å². The summed E-state index contributed by atoms with van der Waals surface area (Å²) in [6.45, 7) is 10.8. The Bertz CT molecular complexity index is 1160. The second-order valence-electron chi connectivity index (χ2n) is 10.5. The standard InChI is InChI=1S/C30H38N2O6/c1-3-21-7-8-22(20(2)26(21)17-36-19-33)28(34)15-31-10-12-32(13-11-31)16-29-24-5-4-6-25-27(18-38-30(25)35)23(24)9-14-37-29/h5-8,19,28-29,34H,3-4,9-18H2,1-2H3. The summed E-state index contributed by atoms with van der Waals surface area (Å²) in [5.41, 5.74) is 8.27. The highest BCUT2D eigenvalue weighted by molar-refractivity contribution is 5.97. The van der Waals surface area contributed by atoms with Crippen molar-refractivity contribution in [2.24, 2.45) is 0 Å². The molecule has 0 spiro atoms. The Morgan fingerprint density at radius 3 is 2.71 bits per heavy atom. The Morgan fingerprint density at radius 2 is 1.95 bits per heavy atom. The number of carbonyl (C=O) groups excluding carboxylic acids is 2. The van der Waals surface area contributed by atoms with Crippen molar-refractivity contribution in [1.82, 2.24) is 9.80 Å². The van der Waals surface area contributed by atoms with Crippen molar-refractivity contribution in [3.63, 3.8) is 0 Å². The Hall–Kier alpha value is -2.78. The molecular formula is C30H38N2O6. The van der Waals surface area contributed by atoms with Crippen LogP contribution >= 0.6 is 0 Å². The van der Waals surface area contributed by atoms with Crippen LogP contribution in [0.25, 0.3) is 0 Å². The van der Waals surface area contributed by atoms with E-state index in [1.165, 1.54) is 11.1 Å². The number of hydrogen-bond donors (Lipinski definition) is 1. The molecule has 0 radical (unpaired) electrons. The summed E-state index contributed by atoms with van der Waals surface area (Å²) in [5, 5.41) is 11.1. The van der Waals surface area contributed by atoms with Crippen LogP contribution in [0.5, 0.6) is 0 Å². The third-order valence-electron chi connectivity index (χ3n) is 8.38. The number of fused-ring (bicyclic) bond motifs is 2. The monoisotopic (exact) mass is 522 g/mol. The molecule has 2 atom stereocenters.